The molecule has 152 valence electrons. The van der Waals surface area contributed by atoms with Crippen molar-refractivity contribution in [3.8, 4) is 0 Å². The molecule has 2 unspecified atom stereocenters. The summed E-state index contributed by atoms with van der Waals surface area (Å²) < 4.78 is 0. The van der Waals surface area contributed by atoms with Crippen LogP contribution in [0.1, 0.15) is 40.0 Å². The molecule has 1 saturated heterocycles. The monoisotopic (exact) mass is 386 g/mol. The second-order valence-corrected chi connectivity index (χ2v) is 9.25. The summed E-state index contributed by atoms with van der Waals surface area (Å²) in [5, 5.41) is 5.66. The molecule has 7 heteroatoms. The van der Waals surface area contributed by atoms with Crippen LogP contribution in [-0.2, 0) is 9.59 Å². The average Bonchev–Trinajstić information content (AvgIpc) is 2.77. The van der Waals surface area contributed by atoms with Gasteiger partial charge in [0.15, 0.2) is 0 Å². The Labute approximate surface area is 166 Å². The van der Waals surface area contributed by atoms with E-state index in [1.54, 1.807) is 12.1 Å². The molecule has 1 saturated carbocycles. The summed E-state index contributed by atoms with van der Waals surface area (Å²) in [6.45, 7) is 6.07. The average molecular weight is 386 g/mol. The van der Waals surface area contributed by atoms with Gasteiger partial charge in [-0.15, -0.1) is 0 Å². The molecular weight excluding hydrogens is 356 g/mol. The number of urea groups is 1. The van der Waals surface area contributed by atoms with Crippen LogP contribution in [0.5, 0.6) is 0 Å². The van der Waals surface area contributed by atoms with E-state index in [0.717, 1.165) is 17.0 Å². The quantitative estimate of drug-likeness (QED) is 0.780. The highest BCUT2D eigenvalue weighted by Crippen LogP contribution is 2.46. The number of benzene rings is 1. The fraction of sp³-hybridized carbons (Fsp3) is 0.571. The molecular formula is C21H30N4O3. The summed E-state index contributed by atoms with van der Waals surface area (Å²) in [5.41, 5.74) is 0.728. The molecule has 1 heterocycles. The van der Waals surface area contributed by atoms with Gasteiger partial charge in [0.25, 0.3) is 5.91 Å². The number of hydrogen-bond donors (Lipinski definition) is 2. The first-order valence-corrected chi connectivity index (χ1v) is 9.73. The molecule has 1 aliphatic heterocycles. The lowest BCUT2D eigenvalue weighted by atomic mass is 9.64. The maximum Gasteiger partial charge on any atom is 0.325 e. The highest BCUT2D eigenvalue weighted by atomic mass is 16.2. The van der Waals surface area contributed by atoms with Gasteiger partial charge in [0, 0.05) is 25.5 Å². The lowest BCUT2D eigenvalue weighted by Crippen LogP contribution is -2.54. The van der Waals surface area contributed by atoms with Gasteiger partial charge in [-0.3, -0.25) is 14.5 Å². The smallest absolute Gasteiger partial charge is 0.325 e. The molecule has 1 spiro atoms. The fourth-order valence-corrected chi connectivity index (χ4v) is 4.84. The summed E-state index contributed by atoms with van der Waals surface area (Å²) in [4.78, 5) is 41.0. The van der Waals surface area contributed by atoms with Crippen LogP contribution in [0, 0.1) is 11.3 Å². The van der Waals surface area contributed by atoms with Crippen molar-refractivity contribution in [2.24, 2.45) is 11.3 Å². The van der Waals surface area contributed by atoms with Gasteiger partial charge in [0.2, 0.25) is 5.91 Å². The molecule has 0 radical (unpaired) electrons. The van der Waals surface area contributed by atoms with Crippen LogP contribution in [0.4, 0.5) is 16.2 Å². The Morgan fingerprint density at radius 3 is 2.43 bits per heavy atom. The van der Waals surface area contributed by atoms with Crippen molar-refractivity contribution in [3.05, 3.63) is 24.3 Å². The number of rotatable bonds is 4. The number of carbonyl (C=O) groups excluding carboxylic acids is 3. The first-order chi connectivity index (χ1) is 13.0. The van der Waals surface area contributed by atoms with Gasteiger partial charge in [-0.25, -0.2) is 4.79 Å². The van der Waals surface area contributed by atoms with Crippen molar-refractivity contribution in [1.29, 1.82) is 0 Å². The zero-order chi connectivity index (χ0) is 20.7. The van der Waals surface area contributed by atoms with Crippen molar-refractivity contribution in [2.45, 2.75) is 45.6 Å². The molecule has 1 aromatic rings. The predicted molar refractivity (Wildman–Crippen MR) is 109 cm³/mol. The van der Waals surface area contributed by atoms with Crippen molar-refractivity contribution in [1.82, 2.24) is 10.2 Å². The van der Waals surface area contributed by atoms with Crippen LogP contribution in [0.3, 0.4) is 0 Å². The lowest BCUT2D eigenvalue weighted by Gasteiger charge is -2.43. The van der Waals surface area contributed by atoms with Crippen molar-refractivity contribution in [3.63, 3.8) is 0 Å². The maximum atomic E-state index is 13.1. The standard InChI is InChI=1S/C21H30N4O3/c1-14-10-20(2,3)13-21(11-14)18(27)25(19(28)23-21)12-17(26)22-15-6-8-16(9-7-15)24(4)5/h6-9,14H,10-13H2,1-5H3,(H,22,26)(H,23,28). The molecule has 3 rings (SSSR count). The van der Waals surface area contributed by atoms with Gasteiger partial charge in [0.1, 0.15) is 12.1 Å². The second kappa shape index (κ2) is 7.11. The number of nitrogens with one attached hydrogen (secondary N) is 2. The Morgan fingerprint density at radius 1 is 1.21 bits per heavy atom. The first kappa shape index (κ1) is 20.2. The molecule has 2 atom stereocenters. The Bertz CT molecular complexity index is 787. The Kier molecular flexibility index (Phi) is 5.12. The summed E-state index contributed by atoms with van der Waals surface area (Å²) in [6, 6.07) is 6.90. The molecule has 2 fully saturated rings. The van der Waals surface area contributed by atoms with Crippen molar-refractivity contribution in [2.75, 3.05) is 30.9 Å². The molecule has 2 N–H and O–H groups in total. The minimum atomic E-state index is -0.883. The summed E-state index contributed by atoms with van der Waals surface area (Å²) >= 11 is 0. The Hall–Kier alpha value is -2.57. The third-order valence-electron chi connectivity index (χ3n) is 5.59. The summed E-state index contributed by atoms with van der Waals surface area (Å²) in [5.74, 6) is -0.339. The first-order valence-electron chi connectivity index (χ1n) is 9.73. The summed E-state index contributed by atoms with van der Waals surface area (Å²) in [6.07, 6.45) is 2.23. The normalized spacial score (nSPS) is 26.3. The molecule has 7 nitrogen and oxygen atoms in total. The minimum absolute atomic E-state index is 0.0347. The third kappa shape index (κ3) is 3.98. The molecule has 4 amide bonds. The van der Waals surface area contributed by atoms with E-state index in [-0.39, 0.29) is 23.8 Å². The molecule has 1 aliphatic carbocycles. The molecule has 28 heavy (non-hydrogen) atoms. The van der Waals surface area contributed by atoms with Crippen LogP contribution >= 0.6 is 0 Å². The number of hydrogen-bond acceptors (Lipinski definition) is 4. The maximum absolute atomic E-state index is 13.1. The number of carbonyl (C=O) groups is 3. The van der Waals surface area contributed by atoms with Gasteiger partial charge >= 0.3 is 6.03 Å². The minimum Gasteiger partial charge on any atom is -0.378 e. The number of imide groups is 1. The third-order valence-corrected chi connectivity index (χ3v) is 5.59. The Balaban J connectivity index is 1.68. The van der Waals surface area contributed by atoms with Crippen LogP contribution in [-0.4, -0.2) is 48.9 Å². The second-order valence-electron chi connectivity index (χ2n) is 9.25. The number of amides is 4. The van der Waals surface area contributed by atoms with Gasteiger partial charge in [-0.2, -0.15) is 0 Å². The molecule has 0 aromatic heterocycles. The molecule has 1 aromatic carbocycles. The van der Waals surface area contributed by atoms with Crippen LogP contribution in [0.2, 0.25) is 0 Å². The number of nitrogens with zero attached hydrogens (tertiary/aromatic N) is 2. The SMILES string of the molecule is CC1CC(C)(C)CC2(C1)NC(=O)N(CC(=O)Nc1ccc(N(C)C)cc1)C2=O. The lowest BCUT2D eigenvalue weighted by molar-refractivity contribution is -0.136. The van der Waals surface area contributed by atoms with E-state index in [2.05, 4.69) is 31.4 Å². The summed E-state index contributed by atoms with van der Waals surface area (Å²) in [7, 11) is 3.88. The van der Waals surface area contributed by atoms with Crippen molar-refractivity contribution < 1.29 is 14.4 Å². The van der Waals surface area contributed by atoms with E-state index >= 15 is 0 Å². The van der Waals surface area contributed by atoms with E-state index < -0.39 is 11.6 Å². The Morgan fingerprint density at radius 2 is 1.86 bits per heavy atom. The molecule has 0 bridgehead atoms. The highest BCUT2D eigenvalue weighted by Gasteiger charge is 2.56. The number of anilines is 2. The van der Waals surface area contributed by atoms with Crippen LogP contribution in [0.25, 0.3) is 0 Å². The van der Waals surface area contributed by atoms with Crippen LogP contribution in [0.15, 0.2) is 24.3 Å². The van der Waals surface area contributed by atoms with E-state index in [1.807, 2.05) is 31.1 Å². The van der Waals surface area contributed by atoms with E-state index in [1.165, 1.54) is 0 Å². The molecule has 2 aliphatic rings. The zero-order valence-corrected chi connectivity index (χ0v) is 17.3. The highest BCUT2D eigenvalue weighted by molar-refractivity contribution is 6.10. The van der Waals surface area contributed by atoms with Crippen LogP contribution < -0.4 is 15.5 Å². The fourth-order valence-electron chi connectivity index (χ4n) is 4.84. The van der Waals surface area contributed by atoms with Gasteiger partial charge in [-0.1, -0.05) is 20.8 Å². The van der Waals surface area contributed by atoms with Gasteiger partial charge in [0.05, 0.1) is 0 Å². The van der Waals surface area contributed by atoms with E-state index in [4.69, 9.17) is 0 Å². The largest absolute Gasteiger partial charge is 0.378 e. The van der Waals surface area contributed by atoms with Gasteiger partial charge < -0.3 is 15.5 Å². The zero-order valence-electron chi connectivity index (χ0n) is 17.3. The predicted octanol–water partition coefficient (Wildman–Crippen LogP) is 2.83. The van der Waals surface area contributed by atoms with Crippen molar-refractivity contribution >= 4 is 29.2 Å². The van der Waals surface area contributed by atoms with Gasteiger partial charge in [-0.05, 0) is 54.9 Å². The van der Waals surface area contributed by atoms with E-state index in [0.29, 0.717) is 24.4 Å². The topological polar surface area (TPSA) is 81.8 Å². The van der Waals surface area contributed by atoms with E-state index in [9.17, 15) is 14.4 Å².